The minimum absolute atomic E-state index is 0.0399. The summed E-state index contributed by atoms with van der Waals surface area (Å²) in [6.07, 6.45) is -7.53. The summed E-state index contributed by atoms with van der Waals surface area (Å²) in [5.74, 6) is -0.445. The molecule has 1 unspecified atom stereocenters. The molecule has 40 heavy (non-hydrogen) atoms. The van der Waals surface area contributed by atoms with E-state index in [9.17, 15) is 40.6 Å². The van der Waals surface area contributed by atoms with Crippen LogP contribution in [0.5, 0.6) is 0 Å². The number of carbonyl (C=O) groups is 1. The summed E-state index contributed by atoms with van der Waals surface area (Å²) in [4.78, 5) is 16.5. The van der Waals surface area contributed by atoms with E-state index in [0.717, 1.165) is 17.7 Å². The van der Waals surface area contributed by atoms with Gasteiger partial charge in [-0.05, 0) is 86.6 Å². The molecule has 2 N–H and O–H groups in total. The molecule has 0 bridgehead atoms. The third-order valence-electron chi connectivity index (χ3n) is 8.31. The molecular weight excluding hydrogens is 543 g/mol. The average molecular weight is 576 g/mol. The Hall–Kier alpha value is -2.86. The van der Waals surface area contributed by atoms with Crippen molar-refractivity contribution in [1.82, 2.24) is 15.1 Å². The third-order valence-corrected chi connectivity index (χ3v) is 8.31. The molecule has 0 saturated carbocycles. The zero-order valence-electron chi connectivity index (χ0n) is 22.3. The van der Waals surface area contributed by atoms with E-state index in [1.54, 1.807) is 17.9 Å². The first-order valence-electron chi connectivity index (χ1n) is 13.0. The van der Waals surface area contributed by atoms with Crippen molar-refractivity contribution in [3.8, 4) is 0 Å². The molecule has 0 aliphatic carbocycles. The van der Waals surface area contributed by atoms with E-state index in [4.69, 9.17) is 0 Å². The zero-order valence-corrected chi connectivity index (χ0v) is 22.3. The van der Waals surface area contributed by atoms with Gasteiger partial charge in [0.15, 0.2) is 0 Å². The van der Waals surface area contributed by atoms with Crippen LogP contribution in [0, 0.1) is 12.7 Å². The molecule has 2 aromatic carbocycles. The van der Waals surface area contributed by atoms with Crippen molar-refractivity contribution in [1.29, 1.82) is 0 Å². The van der Waals surface area contributed by atoms with E-state index in [1.807, 2.05) is 0 Å². The molecule has 2 amide bonds. The Morgan fingerprint density at radius 1 is 1.10 bits per heavy atom. The van der Waals surface area contributed by atoms with Gasteiger partial charge in [-0.25, -0.2) is 9.18 Å². The van der Waals surface area contributed by atoms with Gasteiger partial charge >= 0.3 is 18.4 Å². The Bertz CT molecular complexity index is 1220. The molecule has 5 nitrogen and oxygen atoms in total. The van der Waals surface area contributed by atoms with Gasteiger partial charge in [0.25, 0.3) is 0 Å². The molecular formula is C28H32F7N3O2. The molecule has 4 rings (SSSR count). The Morgan fingerprint density at radius 3 is 2.25 bits per heavy atom. The number of urea groups is 1. The van der Waals surface area contributed by atoms with Crippen molar-refractivity contribution >= 4 is 6.03 Å². The maximum Gasteiger partial charge on any atom is 0.416 e. The first-order chi connectivity index (χ1) is 18.5. The van der Waals surface area contributed by atoms with Crippen LogP contribution in [0.4, 0.5) is 35.5 Å². The van der Waals surface area contributed by atoms with Crippen molar-refractivity contribution < 1.29 is 40.6 Å². The zero-order chi connectivity index (χ0) is 29.6. The molecule has 0 aromatic heterocycles. The molecule has 12 heteroatoms. The molecule has 1 spiro atoms. The predicted molar refractivity (Wildman–Crippen MR) is 134 cm³/mol. The number of nitrogens with zero attached hydrogens (tertiary/aromatic N) is 2. The summed E-state index contributed by atoms with van der Waals surface area (Å²) in [6.45, 7) is 3.30. The summed E-state index contributed by atoms with van der Waals surface area (Å²) in [5.41, 5.74) is -2.26. The second-order valence-corrected chi connectivity index (χ2v) is 10.9. The fraction of sp³-hybridized carbons (Fsp3) is 0.536. The molecule has 2 aliphatic rings. The number of rotatable bonds is 4. The SMILES string of the molecule is Cc1cc(F)ccc1[C@H]1CC2(CC[C@@H](CO)N2)CCN1C(=O)N(C)[C@H](C)c1cc(C(F)(F)F)cc(C(F)(F)F)c1. The van der Waals surface area contributed by atoms with Gasteiger partial charge in [0.2, 0.25) is 0 Å². The Kier molecular flexibility index (Phi) is 8.16. The Morgan fingerprint density at radius 2 is 1.73 bits per heavy atom. The van der Waals surface area contributed by atoms with Crippen LogP contribution in [-0.2, 0) is 12.4 Å². The highest BCUT2D eigenvalue weighted by Crippen LogP contribution is 2.44. The summed E-state index contributed by atoms with van der Waals surface area (Å²) in [5, 5.41) is 13.1. The van der Waals surface area contributed by atoms with Crippen LogP contribution >= 0.6 is 0 Å². The molecule has 2 aromatic rings. The monoisotopic (exact) mass is 575 g/mol. The van der Waals surface area contributed by atoms with Gasteiger partial charge in [-0.2, -0.15) is 26.3 Å². The second-order valence-electron chi connectivity index (χ2n) is 10.9. The highest BCUT2D eigenvalue weighted by atomic mass is 19.4. The number of hydrogen-bond donors (Lipinski definition) is 2. The van der Waals surface area contributed by atoms with Gasteiger partial charge < -0.3 is 20.2 Å². The van der Waals surface area contributed by atoms with E-state index in [-0.39, 0.29) is 36.4 Å². The van der Waals surface area contributed by atoms with Crippen LogP contribution in [-0.4, -0.2) is 52.7 Å². The van der Waals surface area contributed by atoms with Gasteiger partial charge in [-0.1, -0.05) is 6.07 Å². The lowest BCUT2D eigenvalue weighted by Gasteiger charge is -2.47. The number of likely N-dealkylation sites (tertiary alicyclic amines) is 1. The number of amides is 2. The minimum atomic E-state index is -5.01. The lowest BCUT2D eigenvalue weighted by atomic mass is 9.79. The maximum absolute atomic E-state index is 13.9. The number of carbonyl (C=O) groups excluding carboxylic acids is 1. The van der Waals surface area contributed by atoms with Gasteiger partial charge in [-0.15, -0.1) is 0 Å². The van der Waals surface area contributed by atoms with Gasteiger partial charge in [0.1, 0.15) is 5.82 Å². The average Bonchev–Trinajstić information content (AvgIpc) is 3.28. The highest BCUT2D eigenvalue weighted by molar-refractivity contribution is 5.75. The van der Waals surface area contributed by atoms with Crippen LogP contribution in [0.15, 0.2) is 36.4 Å². The first-order valence-corrected chi connectivity index (χ1v) is 13.0. The van der Waals surface area contributed by atoms with E-state index in [2.05, 4.69) is 5.32 Å². The lowest BCUT2D eigenvalue weighted by Crippen LogP contribution is -2.56. The number of alkyl halides is 6. The highest BCUT2D eigenvalue weighted by Gasteiger charge is 2.47. The van der Waals surface area contributed by atoms with Crippen LogP contribution in [0.25, 0.3) is 0 Å². The van der Waals surface area contributed by atoms with Gasteiger partial charge in [0, 0.05) is 25.2 Å². The van der Waals surface area contributed by atoms with Crippen LogP contribution in [0.3, 0.4) is 0 Å². The van der Waals surface area contributed by atoms with E-state index >= 15 is 0 Å². The van der Waals surface area contributed by atoms with Gasteiger partial charge in [0.05, 0.1) is 29.8 Å². The van der Waals surface area contributed by atoms with Crippen LogP contribution in [0.1, 0.15) is 72.5 Å². The Balaban J connectivity index is 1.67. The van der Waals surface area contributed by atoms with E-state index < -0.39 is 47.4 Å². The number of hydrogen-bond acceptors (Lipinski definition) is 3. The Labute approximate surface area is 227 Å². The number of aryl methyl sites for hydroxylation is 1. The normalized spacial score (nSPS) is 24.4. The van der Waals surface area contributed by atoms with Crippen LogP contribution in [0.2, 0.25) is 0 Å². The molecule has 2 aliphatic heterocycles. The number of aliphatic hydroxyl groups excluding tert-OH is 1. The summed E-state index contributed by atoms with van der Waals surface area (Å²) < 4.78 is 94.6. The standard InChI is InChI=1S/C28H32F7N3O2/c1-16-10-21(29)4-5-23(16)24-14-26(7-6-22(15-39)36-26)8-9-38(24)25(40)37(3)17(2)18-11-19(27(30,31)32)13-20(12-18)28(33,34)35/h4-5,10-13,17,22,24,36,39H,6-9,14-15H2,1-3H3/t17-,22+,24-,26?/m1/s1. The summed E-state index contributed by atoms with van der Waals surface area (Å²) in [7, 11) is 1.34. The second kappa shape index (κ2) is 10.8. The topological polar surface area (TPSA) is 55.8 Å². The van der Waals surface area contributed by atoms with Gasteiger partial charge in [-0.3, -0.25) is 0 Å². The number of aliphatic hydroxyl groups is 1. The third kappa shape index (κ3) is 6.07. The predicted octanol–water partition coefficient (Wildman–Crippen LogP) is 6.60. The molecule has 0 radical (unpaired) electrons. The van der Waals surface area contributed by atoms with E-state index in [1.165, 1.54) is 26.1 Å². The summed E-state index contributed by atoms with van der Waals surface area (Å²) >= 11 is 0. The largest absolute Gasteiger partial charge is 0.416 e. The fourth-order valence-corrected chi connectivity index (χ4v) is 5.93. The van der Waals surface area contributed by atoms with E-state index in [0.29, 0.717) is 36.1 Å². The lowest BCUT2D eigenvalue weighted by molar-refractivity contribution is -0.143. The number of halogens is 7. The molecule has 2 fully saturated rings. The molecule has 2 saturated heterocycles. The van der Waals surface area contributed by atoms with Crippen molar-refractivity contribution in [2.75, 3.05) is 20.2 Å². The minimum Gasteiger partial charge on any atom is -0.395 e. The molecule has 2 heterocycles. The quantitative estimate of drug-likeness (QED) is 0.404. The fourth-order valence-electron chi connectivity index (χ4n) is 5.93. The number of benzene rings is 2. The number of piperidine rings is 1. The number of nitrogens with one attached hydrogen (secondary N) is 1. The maximum atomic E-state index is 13.9. The smallest absolute Gasteiger partial charge is 0.395 e. The van der Waals surface area contributed by atoms with Crippen molar-refractivity contribution in [3.05, 3.63) is 70.0 Å². The van der Waals surface area contributed by atoms with Crippen LogP contribution < -0.4 is 5.32 Å². The van der Waals surface area contributed by atoms with Crippen molar-refractivity contribution in [2.45, 2.75) is 75.5 Å². The summed E-state index contributed by atoms with van der Waals surface area (Å²) in [6, 6.07) is 3.25. The molecule has 4 atom stereocenters. The first kappa shape index (κ1) is 30.1. The van der Waals surface area contributed by atoms with Crippen molar-refractivity contribution in [2.24, 2.45) is 0 Å². The van der Waals surface area contributed by atoms with Crippen molar-refractivity contribution in [3.63, 3.8) is 0 Å². The molecule has 220 valence electrons.